The molecule has 0 aliphatic carbocycles. The van der Waals surface area contributed by atoms with Gasteiger partial charge in [0, 0.05) is 20.6 Å². The first-order chi connectivity index (χ1) is 4.54. The summed E-state index contributed by atoms with van der Waals surface area (Å²) in [6.07, 6.45) is 0.847. The molecular formula is C8H17O2. The smallest absolute Gasteiger partial charge is 0.165 e. The standard InChI is InChI=1S/C8H17O2/c1-7(2)6-8(3,9-4)10-5/h6H2,1-5H3. The molecule has 2 nitrogen and oxygen atoms in total. The molecule has 0 heterocycles. The minimum absolute atomic E-state index is 0.432. The third kappa shape index (κ3) is 3.18. The molecule has 0 aliphatic heterocycles. The molecule has 0 spiro atoms. The van der Waals surface area contributed by atoms with Gasteiger partial charge in [-0.3, -0.25) is 0 Å². The zero-order chi connectivity index (χ0) is 8.20. The van der Waals surface area contributed by atoms with E-state index in [1.54, 1.807) is 14.2 Å². The highest BCUT2D eigenvalue weighted by atomic mass is 16.7. The monoisotopic (exact) mass is 145 g/mol. The van der Waals surface area contributed by atoms with E-state index in [9.17, 15) is 0 Å². The average molecular weight is 145 g/mol. The summed E-state index contributed by atoms with van der Waals surface area (Å²) in [6.45, 7) is 6.06. The van der Waals surface area contributed by atoms with E-state index in [4.69, 9.17) is 9.47 Å². The summed E-state index contributed by atoms with van der Waals surface area (Å²) in [6, 6.07) is 0. The van der Waals surface area contributed by atoms with Crippen LogP contribution < -0.4 is 0 Å². The highest BCUT2D eigenvalue weighted by Gasteiger charge is 2.23. The summed E-state index contributed by atoms with van der Waals surface area (Å²) >= 11 is 0. The van der Waals surface area contributed by atoms with E-state index in [0.717, 1.165) is 6.42 Å². The van der Waals surface area contributed by atoms with Gasteiger partial charge in [-0.15, -0.1) is 0 Å². The predicted octanol–water partition coefficient (Wildman–Crippen LogP) is 2.00. The van der Waals surface area contributed by atoms with Crippen molar-refractivity contribution in [3.8, 4) is 0 Å². The molecule has 0 aliphatic rings. The van der Waals surface area contributed by atoms with Gasteiger partial charge in [-0.05, 0) is 12.8 Å². The molecule has 0 aromatic carbocycles. The Hall–Kier alpha value is -0.0800. The average Bonchev–Trinajstić information content (AvgIpc) is 1.87. The van der Waals surface area contributed by atoms with Gasteiger partial charge in [0.25, 0.3) is 0 Å². The Labute approximate surface area is 63.5 Å². The Morgan fingerprint density at radius 1 is 1.20 bits per heavy atom. The van der Waals surface area contributed by atoms with Gasteiger partial charge in [-0.1, -0.05) is 13.8 Å². The molecule has 10 heavy (non-hydrogen) atoms. The van der Waals surface area contributed by atoms with Crippen molar-refractivity contribution >= 4 is 0 Å². The van der Waals surface area contributed by atoms with Crippen LogP contribution in [0, 0.1) is 5.92 Å². The molecule has 0 rings (SSSR count). The van der Waals surface area contributed by atoms with Gasteiger partial charge in [0.2, 0.25) is 0 Å². The van der Waals surface area contributed by atoms with Crippen molar-refractivity contribution in [3.05, 3.63) is 5.92 Å². The van der Waals surface area contributed by atoms with E-state index in [1.807, 2.05) is 6.92 Å². The van der Waals surface area contributed by atoms with Crippen LogP contribution in [0.2, 0.25) is 0 Å². The lowest BCUT2D eigenvalue weighted by molar-refractivity contribution is -0.194. The molecule has 0 N–H and O–H groups in total. The highest BCUT2D eigenvalue weighted by Crippen LogP contribution is 2.21. The van der Waals surface area contributed by atoms with Crippen LogP contribution in [0.5, 0.6) is 0 Å². The van der Waals surface area contributed by atoms with Crippen LogP contribution in [0.15, 0.2) is 0 Å². The maximum Gasteiger partial charge on any atom is 0.165 e. The molecule has 1 radical (unpaired) electrons. The first-order valence-corrected chi connectivity index (χ1v) is 3.43. The van der Waals surface area contributed by atoms with Gasteiger partial charge in [-0.25, -0.2) is 0 Å². The number of rotatable bonds is 4. The van der Waals surface area contributed by atoms with Crippen LogP contribution in [0.1, 0.15) is 27.2 Å². The number of methoxy groups -OCH3 is 2. The minimum Gasteiger partial charge on any atom is -0.353 e. The largest absolute Gasteiger partial charge is 0.353 e. The van der Waals surface area contributed by atoms with Crippen LogP contribution in [0.25, 0.3) is 0 Å². The first kappa shape index (κ1) is 9.92. The van der Waals surface area contributed by atoms with Crippen LogP contribution >= 0.6 is 0 Å². The minimum atomic E-state index is -0.432. The fourth-order valence-electron chi connectivity index (χ4n) is 0.870. The van der Waals surface area contributed by atoms with Gasteiger partial charge in [0.1, 0.15) is 0 Å². The van der Waals surface area contributed by atoms with Gasteiger partial charge >= 0.3 is 0 Å². The maximum atomic E-state index is 5.15. The van der Waals surface area contributed by atoms with Crippen molar-refractivity contribution in [3.63, 3.8) is 0 Å². The van der Waals surface area contributed by atoms with E-state index < -0.39 is 5.79 Å². The summed E-state index contributed by atoms with van der Waals surface area (Å²) in [5, 5.41) is 0. The molecule has 0 bridgehead atoms. The molecule has 0 saturated carbocycles. The fraction of sp³-hybridized carbons (Fsp3) is 0.875. The van der Waals surface area contributed by atoms with Crippen LogP contribution in [-0.4, -0.2) is 20.0 Å². The Balaban J connectivity index is 3.80. The van der Waals surface area contributed by atoms with E-state index >= 15 is 0 Å². The summed E-state index contributed by atoms with van der Waals surface area (Å²) in [5.74, 6) is 0.880. The zero-order valence-electron chi connectivity index (χ0n) is 7.52. The van der Waals surface area contributed by atoms with Crippen molar-refractivity contribution in [1.82, 2.24) is 0 Å². The second-order valence-corrected chi connectivity index (χ2v) is 2.93. The van der Waals surface area contributed by atoms with E-state index in [1.165, 1.54) is 5.92 Å². The second kappa shape index (κ2) is 3.94. The molecular weight excluding hydrogens is 128 g/mol. The Morgan fingerprint density at radius 2 is 1.60 bits per heavy atom. The van der Waals surface area contributed by atoms with Gasteiger partial charge in [0.15, 0.2) is 5.79 Å². The molecule has 0 atom stereocenters. The van der Waals surface area contributed by atoms with Gasteiger partial charge in [0.05, 0.1) is 0 Å². The number of ether oxygens (including phenoxy) is 2. The van der Waals surface area contributed by atoms with Crippen LogP contribution in [-0.2, 0) is 9.47 Å². The van der Waals surface area contributed by atoms with Crippen molar-refractivity contribution in [2.75, 3.05) is 14.2 Å². The van der Waals surface area contributed by atoms with Gasteiger partial charge < -0.3 is 9.47 Å². The third-order valence-electron chi connectivity index (χ3n) is 1.54. The molecule has 0 amide bonds. The molecule has 0 unspecified atom stereocenters. The Bertz CT molecular complexity index is 85.3. The molecule has 0 fully saturated rings. The second-order valence-electron chi connectivity index (χ2n) is 2.93. The zero-order valence-corrected chi connectivity index (χ0v) is 7.52. The maximum absolute atomic E-state index is 5.15. The van der Waals surface area contributed by atoms with Crippen molar-refractivity contribution in [1.29, 1.82) is 0 Å². The quantitative estimate of drug-likeness (QED) is 0.563. The SMILES string of the molecule is COC(C)(C[C](C)C)OC. The summed E-state index contributed by atoms with van der Waals surface area (Å²) in [4.78, 5) is 0. The Kier molecular flexibility index (Phi) is 3.91. The van der Waals surface area contributed by atoms with Crippen LogP contribution in [0.3, 0.4) is 0 Å². The van der Waals surface area contributed by atoms with Gasteiger partial charge in [-0.2, -0.15) is 0 Å². The van der Waals surface area contributed by atoms with Crippen molar-refractivity contribution < 1.29 is 9.47 Å². The summed E-state index contributed by atoms with van der Waals surface area (Å²) in [7, 11) is 3.32. The lowest BCUT2D eigenvalue weighted by atomic mass is 10.0. The summed E-state index contributed by atoms with van der Waals surface area (Å²) < 4.78 is 10.3. The number of hydrogen-bond donors (Lipinski definition) is 0. The van der Waals surface area contributed by atoms with Crippen LogP contribution in [0.4, 0.5) is 0 Å². The molecule has 61 valence electrons. The highest BCUT2D eigenvalue weighted by molar-refractivity contribution is 4.83. The molecule has 0 aromatic heterocycles. The lowest BCUT2D eigenvalue weighted by Gasteiger charge is -2.27. The summed E-state index contributed by atoms with van der Waals surface area (Å²) in [5.41, 5.74) is 0. The normalized spacial score (nSPS) is 12.6. The molecule has 0 aromatic rings. The van der Waals surface area contributed by atoms with Crippen molar-refractivity contribution in [2.24, 2.45) is 0 Å². The lowest BCUT2D eigenvalue weighted by Crippen LogP contribution is -2.30. The molecule has 0 saturated heterocycles. The predicted molar refractivity (Wildman–Crippen MR) is 41.6 cm³/mol. The Morgan fingerprint density at radius 3 is 1.70 bits per heavy atom. The van der Waals surface area contributed by atoms with Crippen molar-refractivity contribution in [2.45, 2.75) is 33.0 Å². The third-order valence-corrected chi connectivity index (χ3v) is 1.54. The fourth-order valence-corrected chi connectivity index (χ4v) is 0.870. The topological polar surface area (TPSA) is 18.5 Å². The van der Waals surface area contributed by atoms with E-state index in [-0.39, 0.29) is 0 Å². The molecule has 2 heteroatoms. The first-order valence-electron chi connectivity index (χ1n) is 3.43. The van der Waals surface area contributed by atoms with E-state index in [0.29, 0.717) is 0 Å². The number of hydrogen-bond acceptors (Lipinski definition) is 2. The van der Waals surface area contributed by atoms with E-state index in [2.05, 4.69) is 13.8 Å².